The van der Waals surface area contributed by atoms with Crippen molar-refractivity contribution in [3.63, 3.8) is 0 Å². The van der Waals surface area contributed by atoms with Crippen molar-refractivity contribution in [1.29, 1.82) is 0 Å². The minimum absolute atomic E-state index is 0.102. The van der Waals surface area contributed by atoms with Gasteiger partial charge in [0.15, 0.2) is 0 Å². The Morgan fingerprint density at radius 3 is 2.26 bits per heavy atom. The summed E-state index contributed by atoms with van der Waals surface area (Å²) in [5, 5.41) is 4.50. The zero-order valence-corrected chi connectivity index (χ0v) is 19.9. The highest BCUT2D eigenvalue weighted by Crippen LogP contribution is 2.37. The average molecular weight is 435 g/mol. The SMILES string of the molecule is CCOC(=O)CC1(n2cc(B3OC(C)(C)C(C)(C)O3)cn2)CN(C(=O)OC(C)(C)C)C1. The first kappa shape index (κ1) is 23.6. The van der Waals surface area contributed by atoms with E-state index in [2.05, 4.69) is 5.10 Å². The molecule has 10 heteroatoms. The standard InChI is InChI=1S/C21H34BN3O6/c1-9-28-16(26)10-21(13-24(14-21)17(27)29-18(2,3)4)25-12-15(11-23-25)22-30-19(5,6)20(7,8)31-22/h11-12H,9-10,13-14H2,1-8H3. The monoisotopic (exact) mass is 435 g/mol. The molecule has 2 saturated heterocycles. The molecule has 0 bridgehead atoms. The van der Waals surface area contributed by atoms with Crippen LogP contribution in [-0.4, -0.2) is 70.4 Å². The van der Waals surface area contributed by atoms with Crippen LogP contribution in [0, 0.1) is 0 Å². The predicted octanol–water partition coefficient (Wildman–Crippen LogP) is 2.08. The Hall–Kier alpha value is -2.07. The van der Waals surface area contributed by atoms with E-state index in [0.29, 0.717) is 19.7 Å². The van der Waals surface area contributed by atoms with E-state index in [4.69, 9.17) is 18.8 Å². The Kier molecular flexibility index (Phi) is 5.95. The first-order valence-electron chi connectivity index (χ1n) is 10.7. The van der Waals surface area contributed by atoms with Crippen LogP contribution in [0.2, 0.25) is 0 Å². The van der Waals surface area contributed by atoms with Crippen LogP contribution in [0.3, 0.4) is 0 Å². The van der Waals surface area contributed by atoms with E-state index < -0.39 is 35.6 Å². The zero-order chi connectivity index (χ0) is 23.2. The van der Waals surface area contributed by atoms with Gasteiger partial charge in [-0.15, -0.1) is 0 Å². The van der Waals surface area contributed by atoms with Crippen LogP contribution in [0.4, 0.5) is 4.79 Å². The number of ether oxygens (including phenoxy) is 2. The molecule has 3 rings (SSSR count). The summed E-state index contributed by atoms with van der Waals surface area (Å²) in [7, 11) is -0.555. The summed E-state index contributed by atoms with van der Waals surface area (Å²) in [4.78, 5) is 26.3. The normalized spacial score (nSPS) is 21.5. The molecule has 0 radical (unpaired) electrons. The van der Waals surface area contributed by atoms with Gasteiger partial charge in [0.1, 0.15) is 11.1 Å². The quantitative estimate of drug-likeness (QED) is 0.517. The molecule has 2 fully saturated rings. The van der Waals surface area contributed by atoms with Gasteiger partial charge >= 0.3 is 19.2 Å². The lowest BCUT2D eigenvalue weighted by molar-refractivity contribution is -0.149. The Morgan fingerprint density at radius 2 is 1.74 bits per heavy atom. The molecule has 0 unspecified atom stereocenters. The van der Waals surface area contributed by atoms with Crippen molar-refractivity contribution in [3.8, 4) is 0 Å². The summed E-state index contributed by atoms with van der Waals surface area (Å²) >= 11 is 0. The van der Waals surface area contributed by atoms with Crippen LogP contribution in [0.1, 0.15) is 61.8 Å². The molecule has 0 aromatic carbocycles. The van der Waals surface area contributed by atoms with Crippen molar-refractivity contribution in [2.45, 2.75) is 84.2 Å². The Morgan fingerprint density at radius 1 is 1.16 bits per heavy atom. The molecular formula is C21H34BN3O6. The second kappa shape index (κ2) is 7.81. The molecule has 1 aromatic heterocycles. The summed E-state index contributed by atoms with van der Waals surface area (Å²) in [5.74, 6) is -0.334. The van der Waals surface area contributed by atoms with E-state index in [0.717, 1.165) is 5.46 Å². The molecule has 1 amide bonds. The molecular weight excluding hydrogens is 401 g/mol. The van der Waals surface area contributed by atoms with E-state index in [9.17, 15) is 9.59 Å². The number of amides is 1. The highest BCUT2D eigenvalue weighted by atomic mass is 16.7. The van der Waals surface area contributed by atoms with E-state index in [1.165, 1.54) is 0 Å². The van der Waals surface area contributed by atoms with Gasteiger partial charge in [-0.25, -0.2) is 4.79 Å². The summed E-state index contributed by atoms with van der Waals surface area (Å²) in [6, 6.07) is 0. The lowest BCUT2D eigenvalue weighted by atomic mass is 9.81. The van der Waals surface area contributed by atoms with Gasteiger partial charge in [0.05, 0.1) is 37.3 Å². The third kappa shape index (κ3) is 4.74. The molecule has 1 aromatic rings. The second-order valence-corrected chi connectivity index (χ2v) is 10.3. The second-order valence-electron chi connectivity index (χ2n) is 10.3. The third-order valence-corrected chi connectivity index (χ3v) is 6.01. The number of rotatable bonds is 5. The molecule has 0 atom stereocenters. The number of likely N-dealkylation sites (tertiary alicyclic amines) is 1. The van der Waals surface area contributed by atoms with Crippen molar-refractivity contribution in [1.82, 2.24) is 14.7 Å². The lowest BCUT2D eigenvalue weighted by Gasteiger charge is -2.49. The van der Waals surface area contributed by atoms with Crippen molar-refractivity contribution >= 4 is 24.6 Å². The number of hydrogen-bond acceptors (Lipinski definition) is 7. The van der Waals surface area contributed by atoms with Gasteiger partial charge in [-0.3, -0.25) is 9.48 Å². The van der Waals surface area contributed by atoms with Crippen molar-refractivity contribution < 1.29 is 28.4 Å². The number of aromatic nitrogens is 2. The fourth-order valence-corrected chi connectivity index (χ4v) is 3.64. The fraction of sp³-hybridized carbons (Fsp3) is 0.762. The Labute approximate surface area is 184 Å². The highest BCUT2D eigenvalue weighted by Gasteiger charge is 2.54. The van der Waals surface area contributed by atoms with Gasteiger partial charge in [0.2, 0.25) is 0 Å². The molecule has 9 nitrogen and oxygen atoms in total. The van der Waals surface area contributed by atoms with Gasteiger partial charge in [-0.1, -0.05) is 0 Å². The van der Waals surface area contributed by atoms with Crippen LogP contribution in [0.25, 0.3) is 0 Å². The minimum atomic E-state index is -0.703. The molecule has 2 aliphatic heterocycles. The summed E-state index contributed by atoms with van der Waals surface area (Å²) in [5.41, 5.74) is -1.46. The molecule has 31 heavy (non-hydrogen) atoms. The molecule has 0 saturated carbocycles. The van der Waals surface area contributed by atoms with Crippen LogP contribution in [0.5, 0.6) is 0 Å². The minimum Gasteiger partial charge on any atom is -0.466 e. The maximum absolute atomic E-state index is 12.4. The van der Waals surface area contributed by atoms with Gasteiger partial charge < -0.3 is 23.7 Å². The Balaban J connectivity index is 1.79. The molecule has 172 valence electrons. The first-order chi connectivity index (χ1) is 14.2. The molecule has 0 aliphatic carbocycles. The van der Waals surface area contributed by atoms with Gasteiger partial charge in [-0.05, 0) is 55.4 Å². The number of hydrogen-bond donors (Lipinski definition) is 0. The zero-order valence-electron chi connectivity index (χ0n) is 19.9. The largest absolute Gasteiger partial charge is 0.498 e. The van der Waals surface area contributed by atoms with E-state index >= 15 is 0 Å². The highest BCUT2D eigenvalue weighted by molar-refractivity contribution is 6.62. The smallest absolute Gasteiger partial charge is 0.466 e. The molecule has 3 heterocycles. The van der Waals surface area contributed by atoms with Gasteiger partial charge in [-0.2, -0.15) is 5.10 Å². The maximum Gasteiger partial charge on any atom is 0.498 e. The van der Waals surface area contributed by atoms with Crippen LogP contribution in [-0.2, 0) is 29.1 Å². The summed E-state index contributed by atoms with van der Waals surface area (Å²) in [6.07, 6.45) is 3.20. The number of carbonyl (C=O) groups is 2. The van der Waals surface area contributed by atoms with E-state index in [-0.39, 0.29) is 12.4 Å². The number of esters is 1. The maximum atomic E-state index is 12.4. The van der Waals surface area contributed by atoms with E-state index in [1.807, 2.05) is 54.7 Å². The third-order valence-electron chi connectivity index (χ3n) is 6.01. The lowest BCUT2D eigenvalue weighted by Crippen LogP contribution is -2.65. The number of nitrogens with zero attached hydrogens (tertiary/aromatic N) is 3. The Bertz CT molecular complexity index is 822. The molecule has 0 spiro atoms. The van der Waals surface area contributed by atoms with Gasteiger partial charge in [0, 0.05) is 17.9 Å². The van der Waals surface area contributed by atoms with Gasteiger partial charge in [0.25, 0.3) is 0 Å². The van der Waals surface area contributed by atoms with Crippen molar-refractivity contribution in [2.75, 3.05) is 19.7 Å². The van der Waals surface area contributed by atoms with Crippen LogP contribution < -0.4 is 5.46 Å². The summed E-state index contributed by atoms with van der Waals surface area (Å²) < 4.78 is 24.6. The molecule has 0 N–H and O–H groups in total. The number of carbonyl (C=O) groups excluding carboxylic acids is 2. The van der Waals surface area contributed by atoms with Crippen LogP contribution in [0.15, 0.2) is 12.4 Å². The first-order valence-corrected chi connectivity index (χ1v) is 10.7. The average Bonchev–Trinajstić information content (AvgIpc) is 3.12. The van der Waals surface area contributed by atoms with Crippen LogP contribution >= 0.6 is 0 Å². The fourth-order valence-electron chi connectivity index (χ4n) is 3.64. The summed E-state index contributed by atoms with van der Waals surface area (Å²) in [6.45, 7) is 16.1. The predicted molar refractivity (Wildman–Crippen MR) is 115 cm³/mol. The van der Waals surface area contributed by atoms with Crippen molar-refractivity contribution in [2.24, 2.45) is 0 Å². The van der Waals surface area contributed by atoms with Crippen molar-refractivity contribution in [3.05, 3.63) is 12.4 Å². The van der Waals surface area contributed by atoms with E-state index in [1.54, 1.807) is 22.7 Å². The topological polar surface area (TPSA) is 92.1 Å². The molecule has 2 aliphatic rings.